The van der Waals surface area contributed by atoms with Crippen molar-refractivity contribution >= 4 is 11.9 Å². The number of carbonyl (C=O) groups is 2. The van der Waals surface area contributed by atoms with Crippen LogP contribution < -0.4 is 4.74 Å². The molecule has 3 aromatic rings. The zero-order valence-electron chi connectivity index (χ0n) is 21.1. The molecule has 1 heterocycles. The van der Waals surface area contributed by atoms with Crippen molar-refractivity contribution in [2.75, 3.05) is 46.9 Å². The lowest BCUT2D eigenvalue weighted by molar-refractivity contribution is 0.00331. The quantitative estimate of drug-likeness (QED) is 0.403. The second-order valence-electron chi connectivity index (χ2n) is 8.87. The van der Waals surface area contributed by atoms with E-state index in [1.54, 1.807) is 36.3 Å². The minimum absolute atomic E-state index is 0.157. The molecule has 1 fully saturated rings. The van der Waals surface area contributed by atoms with Gasteiger partial charge in [-0.05, 0) is 53.6 Å². The van der Waals surface area contributed by atoms with E-state index in [1.165, 1.54) is 19.2 Å². The molecule has 1 amide bonds. The third kappa shape index (κ3) is 6.93. The van der Waals surface area contributed by atoms with E-state index in [9.17, 15) is 14.0 Å². The summed E-state index contributed by atoms with van der Waals surface area (Å²) in [6.45, 7) is 3.46. The van der Waals surface area contributed by atoms with Crippen LogP contribution in [-0.2, 0) is 16.1 Å². The first kappa shape index (κ1) is 26.3. The maximum Gasteiger partial charge on any atom is 0.337 e. The molecule has 1 saturated heterocycles. The number of hydrogen-bond acceptors (Lipinski definition) is 6. The van der Waals surface area contributed by atoms with Crippen LogP contribution >= 0.6 is 0 Å². The molecule has 1 aliphatic rings. The average Bonchev–Trinajstić information content (AvgIpc) is 2.95. The number of halogens is 1. The number of hydrogen-bond donors (Lipinski definition) is 0. The summed E-state index contributed by atoms with van der Waals surface area (Å²) in [5, 5.41) is 0. The van der Waals surface area contributed by atoms with Crippen molar-refractivity contribution in [2.45, 2.75) is 12.7 Å². The first-order valence-electron chi connectivity index (χ1n) is 12.2. The summed E-state index contributed by atoms with van der Waals surface area (Å²) in [4.78, 5) is 28.5. The van der Waals surface area contributed by atoms with Crippen molar-refractivity contribution in [1.29, 1.82) is 0 Å². The third-order valence-corrected chi connectivity index (χ3v) is 6.45. The number of methoxy groups -OCH3 is 2. The van der Waals surface area contributed by atoms with Gasteiger partial charge in [-0.25, -0.2) is 9.18 Å². The maximum atomic E-state index is 13.6. The Morgan fingerprint density at radius 1 is 0.892 bits per heavy atom. The molecule has 194 valence electrons. The second kappa shape index (κ2) is 12.5. The Kier molecular flexibility index (Phi) is 8.87. The molecule has 37 heavy (non-hydrogen) atoms. The highest BCUT2D eigenvalue weighted by Crippen LogP contribution is 2.25. The summed E-state index contributed by atoms with van der Waals surface area (Å²) >= 11 is 0. The van der Waals surface area contributed by atoms with Gasteiger partial charge in [0.25, 0.3) is 5.91 Å². The molecule has 0 unspecified atom stereocenters. The summed E-state index contributed by atoms with van der Waals surface area (Å²) in [6, 6.07) is 20.8. The second-order valence-corrected chi connectivity index (χ2v) is 8.87. The standard InChI is InChI=1S/C29H31FN2O5/c1-35-26-8-4-5-23(18-26)27(37-20-21-9-11-22(12-10-21)29(34)36-2)19-31-13-15-32(16-14-31)28(33)24-6-3-7-25(30)17-24/h3-12,17-18,27H,13-16,19-20H2,1-2H3/t27-/m0/s1. The Bertz CT molecular complexity index is 1210. The summed E-state index contributed by atoms with van der Waals surface area (Å²) < 4.78 is 30.1. The molecule has 1 atom stereocenters. The molecule has 0 N–H and O–H groups in total. The fourth-order valence-corrected chi connectivity index (χ4v) is 4.32. The van der Waals surface area contributed by atoms with Gasteiger partial charge in [-0.1, -0.05) is 30.3 Å². The van der Waals surface area contributed by atoms with E-state index in [1.807, 2.05) is 36.4 Å². The van der Waals surface area contributed by atoms with Gasteiger partial charge >= 0.3 is 5.97 Å². The van der Waals surface area contributed by atoms with E-state index in [0.717, 1.165) is 16.9 Å². The molecular weight excluding hydrogens is 475 g/mol. The van der Waals surface area contributed by atoms with Crippen molar-refractivity contribution in [2.24, 2.45) is 0 Å². The van der Waals surface area contributed by atoms with Gasteiger partial charge in [0.15, 0.2) is 0 Å². The molecule has 3 aromatic carbocycles. The fraction of sp³-hybridized carbons (Fsp3) is 0.310. The number of carbonyl (C=O) groups excluding carboxylic acids is 2. The van der Waals surface area contributed by atoms with Crippen LogP contribution in [-0.4, -0.2) is 68.6 Å². The SMILES string of the molecule is COC(=O)c1ccc(CO[C@@H](CN2CCN(C(=O)c3cccc(F)c3)CC2)c2cccc(OC)c2)cc1. The average molecular weight is 507 g/mol. The number of amides is 1. The van der Waals surface area contributed by atoms with Gasteiger partial charge in [-0.2, -0.15) is 0 Å². The molecule has 0 aliphatic carbocycles. The molecule has 0 bridgehead atoms. The first-order valence-corrected chi connectivity index (χ1v) is 12.2. The minimum Gasteiger partial charge on any atom is -0.497 e. The number of benzene rings is 3. The van der Waals surface area contributed by atoms with Gasteiger partial charge in [0.2, 0.25) is 0 Å². The zero-order valence-corrected chi connectivity index (χ0v) is 21.1. The molecule has 0 aromatic heterocycles. The Hall–Kier alpha value is -3.75. The summed E-state index contributed by atoms with van der Waals surface area (Å²) in [5.74, 6) is -0.200. The highest BCUT2D eigenvalue weighted by atomic mass is 19.1. The highest BCUT2D eigenvalue weighted by Gasteiger charge is 2.25. The van der Waals surface area contributed by atoms with Gasteiger partial charge in [0.1, 0.15) is 11.6 Å². The third-order valence-electron chi connectivity index (χ3n) is 6.45. The van der Waals surface area contributed by atoms with Crippen molar-refractivity contribution in [3.8, 4) is 5.75 Å². The van der Waals surface area contributed by atoms with Crippen LogP contribution in [0.4, 0.5) is 4.39 Å². The predicted octanol–water partition coefficient (Wildman–Crippen LogP) is 4.34. The lowest BCUT2D eigenvalue weighted by Crippen LogP contribution is -2.49. The van der Waals surface area contributed by atoms with Gasteiger partial charge in [-0.3, -0.25) is 9.69 Å². The maximum absolute atomic E-state index is 13.6. The minimum atomic E-state index is -0.414. The van der Waals surface area contributed by atoms with Crippen molar-refractivity contribution < 1.29 is 28.2 Å². The Labute approximate surface area is 216 Å². The molecule has 8 heteroatoms. The number of nitrogens with zero attached hydrogens (tertiary/aromatic N) is 2. The largest absolute Gasteiger partial charge is 0.497 e. The van der Waals surface area contributed by atoms with E-state index in [2.05, 4.69) is 4.90 Å². The van der Waals surface area contributed by atoms with E-state index in [4.69, 9.17) is 14.2 Å². The van der Waals surface area contributed by atoms with Crippen LogP contribution in [0.1, 0.15) is 37.9 Å². The van der Waals surface area contributed by atoms with E-state index in [-0.39, 0.29) is 18.0 Å². The predicted molar refractivity (Wildman–Crippen MR) is 137 cm³/mol. The van der Waals surface area contributed by atoms with Crippen LogP contribution in [0.2, 0.25) is 0 Å². The van der Waals surface area contributed by atoms with E-state index in [0.29, 0.717) is 50.5 Å². The Morgan fingerprint density at radius 3 is 2.30 bits per heavy atom. The number of esters is 1. The van der Waals surface area contributed by atoms with E-state index >= 15 is 0 Å². The molecule has 0 saturated carbocycles. The number of rotatable bonds is 9. The van der Waals surface area contributed by atoms with Gasteiger partial charge < -0.3 is 19.1 Å². The molecule has 1 aliphatic heterocycles. The zero-order chi connectivity index (χ0) is 26.2. The number of ether oxygens (including phenoxy) is 3. The lowest BCUT2D eigenvalue weighted by atomic mass is 10.1. The van der Waals surface area contributed by atoms with Crippen LogP contribution in [0, 0.1) is 5.82 Å². The molecule has 0 radical (unpaired) electrons. The topological polar surface area (TPSA) is 68.3 Å². The molecule has 4 rings (SSSR count). The van der Waals surface area contributed by atoms with Gasteiger partial charge in [0, 0.05) is 38.3 Å². The Balaban J connectivity index is 1.40. The van der Waals surface area contributed by atoms with Crippen LogP contribution in [0.3, 0.4) is 0 Å². The monoisotopic (exact) mass is 506 g/mol. The van der Waals surface area contributed by atoms with Crippen LogP contribution in [0.15, 0.2) is 72.8 Å². The van der Waals surface area contributed by atoms with Crippen LogP contribution in [0.5, 0.6) is 5.75 Å². The van der Waals surface area contributed by atoms with Gasteiger partial charge in [-0.15, -0.1) is 0 Å². The fourth-order valence-electron chi connectivity index (χ4n) is 4.32. The molecular formula is C29H31FN2O5. The lowest BCUT2D eigenvalue weighted by Gasteiger charge is -2.36. The van der Waals surface area contributed by atoms with Crippen LogP contribution in [0.25, 0.3) is 0 Å². The van der Waals surface area contributed by atoms with Crippen molar-refractivity contribution in [3.05, 3.63) is 101 Å². The Morgan fingerprint density at radius 2 is 1.62 bits per heavy atom. The summed E-state index contributed by atoms with van der Waals surface area (Å²) in [7, 11) is 2.99. The van der Waals surface area contributed by atoms with Gasteiger partial charge in [0.05, 0.1) is 32.5 Å². The molecule has 0 spiro atoms. The van der Waals surface area contributed by atoms with Crippen molar-refractivity contribution in [1.82, 2.24) is 9.80 Å². The smallest absolute Gasteiger partial charge is 0.337 e. The summed E-state index contributed by atoms with van der Waals surface area (Å²) in [6.07, 6.45) is -0.235. The summed E-state index contributed by atoms with van der Waals surface area (Å²) in [5.41, 5.74) is 2.78. The van der Waals surface area contributed by atoms with Crippen molar-refractivity contribution in [3.63, 3.8) is 0 Å². The normalized spacial score (nSPS) is 14.7. The van der Waals surface area contributed by atoms with E-state index < -0.39 is 5.82 Å². The highest BCUT2D eigenvalue weighted by molar-refractivity contribution is 5.94. The number of piperazine rings is 1. The molecule has 7 nitrogen and oxygen atoms in total. The first-order chi connectivity index (χ1) is 18.0.